The van der Waals surface area contributed by atoms with Crippen molar-refractivity contribution in [3.8, 4) is 0 Å². The normalized spacial score (nSPS) is 25.9. The molecular formula is C45H79O14P. The molecule has 15 heteroatoms. The lowest BCUT2D eigenvalue weighted by molar-refractivity contribution is -0.220. The number of epoxide rings is 1. The summed E-state index contributed by atoms with van der Waals surface area (Å²) in [5.74, 6) is -1.17. The van der Waals surface area contributed by atoms with Gasteiger partial charge in [0, 0.05) is 12.8 Å². The fourth-order valence-electron chi connectivity index (χ4n) is 7.03. The van der Waals surface area contributed by atoms with Crippen LogP contribution in [0.5, 0.6) is 0 Å². The maximum atomic E-state index is 12.8. The highest BCUT2D eigenvalue weighted by Crippen LogP contribution is 2.47. The van der Waals surface area contributed by atoms with Crippen LogP contribution in [0.2, 0.25) is 0 Å². The Morgan fingerprint density at radius 1 is 0.583 bits per heavy atom. The summed E-state index contributed by atoms with van der Waals surface area (Å²) in [6, 6.07) is 0. The number of hydrogen-bond acceptors (Lipinski definition) is 13. The number of hydrogen-bond donors (Lipinski definition) is 6. The molecule has 2 fully saturated rings. The molecule has 1 aliphatic heterocycles. The maximum absolute atomic E-state index is 12.8. The van der Waals surface area contributed by atoms with Crippen molar-refractivity contribution in [1.29, 1.82) is 0 Å². The van der Waals surface area contributed by atoms with E-state index in [-0.39, 0.29) is 25.0 Å². The molecule has 6 N–H and O–H groups in total. The Labute approximate surface area is 359 Å². The molecule has 60 heavy (non-hydrogen) atoms. The van der Waals surface area contributed by atoms with Gasteiger partial charge in [-0.2, -0.15) is 0 Å². The standard InChI is InChI=1S/C45H79O14P/c1-3-5-7-9-11-13-14-15-16-18-20-22-27-31-38(46)55-33-35(34-56-60(53,54)59-45-43(51)41(49)40(48)42(50)44(45)52)57-39(47)32-28-24-23-26-30-37-36(58-37)29-25-21-19-17-12-10-8-6-4-2/h12,17,21,23,25-26,35-37,40-45,48-52H,3-11,13-16,18-20,22,24,27-34H2,1-2H3,(H,53,54). The van der Waals surface area contributed by atoms with Crippen LogP contribution < -0.4 is 0 Å². The number of phosphoric acid groups is 1. The second-order valence-corrected chi connectivity index (χ2v) is 17.7. The molecular weight excluding hydrogens is 795 g/mol. The highest BCUT2D eigenvalue weighted by atomic mass is 31.2. The van der Waals surface area contributed by atoms with E-state index in [2.05, 4.69) is 38.2 Å². The lowest BCUT2D eigenvalue weighted by Gasteiger charge is -2.41. The van der Waals surface area contributed by atoms with Crippen molar-refractivity contribution in [1.82, 2.24) is 0 Å². The number of rotatable bonds is 36. The summed E-state index contributed by atoms with van der Waals surface area (Å²) < 4.78 is 39.2. The van der Waals surface area contributed by atoms with Crippen LogP contribution in [0.4, 0.5) is 0 Å². The Morgan fingerprint density at radius 3 is 1.65 bits per heavy atom. The average Bonchev–Trinajstić information content (AvgIpc) is 3.99. The molecule has 0 bridgehead atoms. The molecule has 0 radical (unpaired) electrons. The number of esters is 2. The SMILES string of the molecule is CCCCCC=CCC=CCC1OC1CC=CCCCC(=O)OC(COC(=O)CCCCCCCCCCCCCCC)COP(=O)(O)OC1C(O)C(O)C(O)C(O)C1O. The third kappa shape index (κ3) is 24.6. The van der Waals surface area contributed by atoms with Gasteiger partial charge in [0.15, 0.2) is 6.10 Å². The van der Waals surface area contributed by atoms with E-state index < -0.39 is 75.7 Å². The summed E-state index contributed by atoms with van der Waals surface area (Å²) in [5, 5.41) is 50.1. The first kappa shape index (κ1) is 54.2. The van der Waals surface area contributed by atoms with Gasteiger partial charge in [-0.3, -0.25) is 18.6 Å². The predicted molar refractivity (Wildman–Crippen MR) is 230 cm³/mol. The van der Waals surface area contributed by atoms with Crippen LogP contribution in [0, 0.1) is 0 Å². The lowest BCUT2D eigenvalue weighted by Crippen LogP contribution is -2.64. The Bertz CT molecular complexity index is 1260. The Morgan fingerprint density at radius 2 is 1.05 bits per heavy atom. The van der Waals surface area contributed by atoms with Gasteiger partial charge in [-0.25, -0.2) is 4.57 Å². The molecule has 0 aromatic heterocycles. The Kier molecular flexibility index (Phi) is 29.5. The molecule has 8 unspecified atom stereocenters. The van der Waals surface area contributed by atoms with Crippen LogP contribution in [0.1, 0.15) is 168 Å². The van der Waals surface area contributed by atoms with Gasteiger partial charge >= 0.3 is 19.8 Å². The number of carbonyl (C=O) groups is 2. The van der Waals surface area contributed by atoms with Gasteiger partial charge in [-0.05, 0) is 51.4 Å². The van der Waals surface area contributed by atoms with E-state index in [0.29, 0.717) is 19.3 Å². The minimum absolute atomic E-state index is 0.0139. The summed E-state index contributed by atoms with van der Waals surface area (Å²) in [6.45, 7) is 3.21. The molecule has 1 saturated carbocycles. The smallest absolute Gasteiger partial charge is 0.462 e. The van der Waals surface area contributed by atoms with Gasteiger partial charge in [0.05, 0.1) is 18.8 Å². The van der Waals surface area contributed by atoms with Gasteiger partial charge in [0.2, 0.25) is 0 Å². The van der Waals surface area contributed by atoms with Crippen molar-refractivity contribution in [3.05, 3.63) is 36.5 Å². The van der Waals surface area contributed by atoms with E-state index in [1.54, 1.807) is 0 Å². The van der Waals surface area contributed by atoms with Crippen molar-refractivity contribution in [2.45, 2.75) is 223 Å². The van der Waals surface area contributed by atoms with Crippen LogP contribution in [-0.4, -0.2) is 111 Å². The first-order valence-electron chi connectivity index (χ1n) is 22.9. The van der Waals surface area contributed by atoms with Crippen LogP contribution in [0.15, 0.2) is 36.5 Å². The zero-order valence-corrected chi connectivity index (χ0v) is 37.3. The number of allylic oxidation sites excluding steroid dienone is 4. The molecule has 0 aromatic rings. The maximum Gasteiger partial charge on any atom is 0.472 e. The zero-order valence-electron chi connectivity index (χ0n) is 36.4. The second kappa shape index (κ2) is 32.7. The fraction of sp³-hybridized carbons (Fsp3) is 0.822. The molecule has 348 valence electrons. The lowest BCUT2D eigenvalue weighted by atomic mass is 9.85. The van der Waals surface area contributed by atoms with E-state index in [4.69, 9.17) is 23.3 Å². The van der Waals surface area contributed by atoms with E-state index in [9.17, 15) is 44.6 Å². The van der Waals surface area contributed by atoms with Crippen LogP contribution in [0.25, 0.3) is 0 Å². The summed E-state index contributed by atoms with van der Waals surface area (Å²) >= 11 is 0. The summed E-state index contributed by atoms with van der Waals surface area (Å²) in [7, 11) is -5.14. The van der Waals surface area contributed by atoms with E-state index in [0.717, 1.165) is 44.9 Å². The number of ether oxygens (including phenoxy) is 3. The number of carbonyl (C=O) groups excluding carboxylic acids is 2. The Hall–Kier alpha value is -1.97. The monoisotopic (exact) mass is 875 g/mol. The minimum atomic E-state index is -5.14. The molecule has 2 rings (SSSR count). The highest BCUT2D eigenvalue weighted by Gasteiger charge is 2.51. The Balaban J connectivity index is 1.75. The topological polar surface area (TPSA) is 222 Å². The molecule has 1 aliphatic carbocycles. The molecule has 0 spiro atoms. The van der Waals surface area contributed by atoms with Gasteiger partial charge in [0.1, 0.15) is 43.2 Å². The first-order chi connectivity index (χ1) is 28.9. The molecule has 0 aromatic carbocycles. The predicted octanol–water partition coefficient (Wildman–Crippen LogP) is 7.60. The summed E-state index contributed by atoms with van der Waals surface area (Å²) in [6.07, 6.45) is 23.7. The van der Waals surface area contributed by atoms with Crippen LogP contribution in [0.3, 0.4) is 0 Å². The molecule has 0 amide bonds. The molecule has 1 heterocycles. The van der Waals surface area contributed by atoms with Crippen molar-refractivity contribution < 1.29 is 67.8 Å². The third-order valence-electron chi connectivity index (χ3n) is 10.9. The van der Waals surface area contributed by atoms with E-state index in [1.807, 2.05) is 12.2 Å². The molecule has 2 aliphatic rings. The molecule has 8 atom stereocenters. The van der Waals surface area contributed by atoms with E-state index in [1.165, 1.54) is 77.0 Å². The number of aliphatic hydroxyl groups is 5. The van der Waals surface area contributed by atoms with Crippen LogP contribution in [-0.2, 0) is 37.4 Å². The molecule has 1 saturated heterocycles. The van der Waals surface area contributed by atoms with Crippen molar-refractivity contribution >= 4 is 19.8 Å². The van der Waals surface area contributed by atoms with Crippen molar-refractivity contribution in [2.24, 2.45) is 0 Å². The van der Waals surface area contributed by atoms with Crippen molar-refractivity contribution in [2.75, 3.05) is 13.2 Å². The van der Waals surface area contributed by atoms with Gasteiger partial charge < -0.3 is 44.6 Å². The minimum Gasteiger partial charge on any atom is -0.462 e. The second-order valence-electron chi connectivity index (χ2n) is 16.3. The average molecular weight is 875 g/mol. The number of aliphatic hydroxyl groups excluding tert-OH is 5. The fourth-order valence-corrected chi connectivity index (χ4v) is 8.00. The highest BCUT2D eigenvalue weighted by molar-refractivity contribution is 7.47. The summed E-state index contributed by atoms with van der Waals surface area (Å²) in [5.41, 5.74) is 0. The van der Waals surface area contributed by atoms with Crippen molar-refractivity contribution in [3.63, 3.8) is 0 Å². The number of phosphoric ester groups is 1. The first-order valence-corrected chi connectivity index (χ1v) is 24.4. The summed E-state index contributed by atoms with van der Waals surface area (Å²) in [4.78, 5) is 35.7. The van der Waals surface area contributed by atoms with Gasteiger partial charge in [0.25, 0.3) is 0 Å². The number of unbranched alkanes of at least 4 members (excludes halogenated alkanes) is 16. The van der Waals surface area contributed by atoms with Crippen LogP contribution >= 0.6 is 7.82 Å². The van der Waals surface area contributed by atoms with E-state index >= 15 is 0 Å². The van der Waals surface area contributed by atoms with Gasteiger partial charge in [-0.1, -0.05) is 140 Å². The largest absolute Gasteiger partial charge is 0.472 e. The quantitative estimate of drug-likeness (QED) is 0.0117. The zero-order chi connectivity index (χ0) is 44.0. The van der Waals surface area contributed by atoms with Gasteiger partial charge in [-0.15, -0.1) is 0 Å². The molecule has 14 nitrogen and oxygen atoms in total. The third-order valence-corrected chi connectivity index (χ3v) is 11.9.